The molecule has 2 heterocycles. The van der Waals surface area contributed by atoms with E-state index >= 15 is 0 Å². The van der Waals surface area contributed by atoms with Crippen LogP contribution in [0.2, 0.25) is 0 Å². The maximum absolute atomic E-state index is 12.1. The maximum atomic E-state index is 12.1. The van der Waals surface area contributed by atoms with Crippen molar-refractivity contribution in [1.82, 2.24) is 9.80 Å². The van der Waals surface area contributed by atoms with Gasteiger partial charge < -0.3 is 20.5 Å². The topological polar surface area (TPSA) is 96.1 Å². The largest absolute Gasteiger partial charge is 0.388 e. The zero-order valence-corrected chi connectivity index (χ0v) is 13.1. The molecule has 0 radical (unpaired) electrons. The number of rotatable bonds is 5. The van der Waals surface area contributed by atoms with E-state index in [9.17, 15) is 14.7 Å². The smallest absolute Gasteiger partial charge is 0.223 e. The lowest BCUT2D eigenvalue weighted by molar-refractivity contribution is -0.133. The van der Waals surface area contributed by atoms with Gasteiger partial charge in [0.1, 0.15) is 0 Å². The Morgan fingerprint density at radius 1 is 1.09 bits per heavy atom. The summed E-state index contributed by atoms with van der Waals surface area (Å²) in [6.45, 7) is 4.95. The van der Waals surface area contributed by atoms with Crippen LogP contribution >= 0.6 is 0 Å². The van der Waals surface area contributed by atoms with E-state index in [1.807, 2.05) is 0 Å². The molecule has 1 atom stereocenters. The number of nitrogens with zero attached hydrogens (tertiary/aromatic N) is 2. The van der Waals surface area contributed by atoms with Crippen molar-refractivity contribution in [3.8, 4) is 0 Å². The third-order valence-corrected chi connectivity index (χ3v) is 4.48. The third-order valence-electron chi connectivity index (χ3n) is 4.48. The first-order valence-corrected chi connectivity index (χ1v) is 8.07. The van der Waals surface area contributed by atoms with Gasteiger partial charge in [-0.2, -0.15) is 0 Å². The molecule has 3 N–H and O–H groups in total. The van der Waals surface area contributed by atoms with Gasteiger partial charge in [-0.3, -0.25) is 14.5 Å². The van der Waals surface area contributed by atoms with Crippen molar-refractivity contribution in [3.05, 3.63) is 0 Å². The van der Waals surface area contributed by atoms with E-state index < -0.39 is 11.5 Å². The van der Waals surface area contributed by atoms with Gasteiger partial charge in [-0.1, -0.05) is 0 Å². The van der Waals surface area contributed by atoms with Gasteiger partial charge in [0, 0.05) is 45.6 Å². The van der Waals surface area contributed by atoms with Crippen molar-refractivity contribution in [2.75, 3.05) is 45.9 Å². The SMILES string of the molecule is NC(=O)CCC(=O)N1CCCC(O)(CN2CCOCC2)CC1. The van der Waals surface area contributed by atoms with E-state index in [1.165, 1.54) is 0 Å². The molecule has 0 aliphatic carbocycles. The second-order valence-corrected chi connectivity index (χ2v) is 6.31. The molecule has 2 saturated heterocycles. The molecule has 7 heteroatoms. The summed E-state index contributed by atoms with van der Waals surface area (Å²) in [6, 6.07) is 0. The predicted octanol–water partition coefficient (Wildman–Crippen LogP) is -0.672. The van der Waals surface area contributed by atoms with Crippen LogP contribution in [0.15, 0.2) is 0 Å². The summed E-state index contributed by atoms with van der Waals surface area (Å²) in [5.74, 6) is -0.499. The molecule has 7 nitrogen and oxygen atoms in total. The highest BCUT2D eigenvalue weighted by molar-refractivity contribution is 5.82. The first kappa shape index (κ1) is 17.2. The van der Waals surface area contributed by atoms with E-state index in [0.29, 0.717) is 45.7 Å². The fourth-order valence-corrected chi connectivity index (χ4v) is 3.15. The van der Waals surface area contributed by atoms with Gasteiger partial charge in [0.2, 0.25) is 11.8 Å². The summed E-state index contributed by atoms with van der Waals surface area (Å²) in [6.07, 6.45) is 2.31. The van der Waals surface area contributed by atoms with Crippen molar-refractivity contribution in [1.29, 1.82) is 0 Å². The molecular formula is C15H27N3O4. The molecule has 0 spiro atoms. The number of primary amides is 1. The molecule has 0 aromatic rings. The minimum absolute atomic E-state index is 0.0468. The molecule has 0 aromatic heterocycles. The second-order valence-electron chi connectivity index (χ2n) is 6.31. The minimum atomic E-state index is -0.740. The molecule has 2 fully saturated rings. The number of hydrogen-bond acceptors (Lipinski definition) is 5. The highest BCUT2D eigenvalue weighted by Crippen LogP contribution is 2.24. The van der Waals surface area contributed by atoms with Gasteiger partial charge in [-0.15, -0.1) is 0 Å². The summed E-state index contributed by atoms with van der Waals surface area (Å²) in [5.41, 5.74) is 4.34. The van der Waals surface area contributed by atoms with Crippen LogP contribution in [0.1, 0.15) is 32.1 Å². The Morgan fingerprint density at radius 2 is 1.82 bits per heavy atom. The minimum Gasteiger partial charge on any atom is -0.388 e. The zero-order valence-electron chi connectivity index (χ0n) is 13.1. The van der Waals surface area contributed by atoms with Crippen molar-refractivity contribution >= 4 is 11.8 Å². The second kappa shape index (κ2) is 7.89. The normalized spacial score (nSPS) is 27.4. The Labute approximate surface area is 131 Å². The summed E-state index contributed by atoms with van der Waals surface area (Å²) < 4.78 is 5.33. The highest BCUT2D eigenvalue weighted by atomic mass is 16.5. The van der Waals surface area contributed by atoms with Gasteiger partial charge >= 0.3 is 0 Å². The number of nitrogens with two attached hydrogens (primary N) is 1. The van der Waals surface area contributed by atoms with Crippen LogP contribution in [0.4, 0.5) is 0 Å². The average Bonchev–Trinajstić information content (AvgIpc) is 2.68. The van der Waals surface area contributed by atoms with Gasteiger partial charge in [0.15, 0.2) is 0 Å². The number of likely N-dealkylation sites (tertiary alicyclic amines) is 1. The lowest BCUT2D eigenvalue weighted by atomic mass is 9.94. The Kier molecular flexibility index (Phi) is 6.16. The van der Waals surface area contributed by atoms with E-state index in [4.69, 9.17) is 10.5 Å². The molecule has 22 heavy (non-hydrogen) atoms. The molecular weight excluding hydrogens is 286 g/mol. The molecule has 1 unspecified atom stereocenters. The Bertz CT molecular complexity index is 398. The maximum Gasteiger partial charge on any atom is 0.223 e. The van der Waals surface area contributed by atoms with E-state index in [1.54, 1.807) is 4.90 Å². The fourth-order valence-electron chi connectivity index (χ4n) is 3.15. The Balaban J connectivity index is 1.82. The molecule has 0 aromatic carbocycles. The van der Waals surface area contributed by atoms with E-state index in [-0.39, 0.29) is 18.7 Å². The summed E-state index contributed by atoms with van der Waals surface area (Å²) >= 11 is 0. The van der Waals surface area contributed by atoms with Crippen LogP contribution < -0.4 is 5.73 Å². The lowest BCUT2D eigenvalue weighted by Gasteiger charge is -2.35. The molecule has 2 aliphatic heterocycles. The average molecular weight is 313 g/mol. The number of carbonyl (C=O) groups excluding carboxylic acids is 2. The predicted molar refractivity (Wildman–Crippen MR) is 81.1 cm³/mol. The Hall–Kier alpha value is -1.18. The number of ether oxygens (including phenoxy) is 1. The quantitative estimate of drug-likeness (QED) is 0.701. The fraction of sp³-hybridized carbons (Fsp3) is 0.867. The van der Waals surface area contributed by atoms with Crippen LogP contribution in [-0.4, -0.2) is 78.3 Å². The van der Waals surface area contributed by atoms with Crippen molar-refractivity contribution in [3.63, 3.8) is 0 Å². The standard InChI is InChI=1S/C15H27N3O4/c16-13(19)2-3-14(20)18-6-1-4-15(21,5-7-18)12-17-8-10-22-11-9-17/h21H,1-12H2,(H2,16,19). The van der Waals surface area contributed by atoms with Crippen LogP contribution in [-0.2, 0) is 14.3 Å². The van der Waals surface area contributed by atoms with Crippen molar-refractivity contribution < 1.29 is 19.4 Å². The number of morpholine rings is 1. The van der Waals surface area contributed by atoms with Crippen LogP contribution in [0.5, 0.6) is 0 Å². The Morgan fingerprint density at radius 3 is 2.50 bits per heavy atom. The zero-order chi connectivity index (χ0) is 16.0. The van der Waals surface area contributed by atoms with Gasteiger partial charge in [0.05, 0.1) is 18.8 Å². The molecule has 2 amide bonds. The van der Waals surface area contributed by atoms with Crippen LogP contribution in [0.3, 0.4) is 0 Å². The molecule has 2 aliphatic rings. The van der Waals surface area contributed by atoms with Gasteiger partial charge in [0.25, 0.3) is 0 Å². The summed E-state index contributed by atoms with van der Waals surface area (Å²) in [4.78, 5) is 26.8. The monoisotopic (exact) mass is 313 g/mol. The number of amides is 2. The van der Waals surface area contributed by atoms with Gasteiger partial charge in [-0.05, 0) is 19.3 Å². The van der Waals surface area contributed by atoms with Crippen molar-refractivity contribution in [2.24, 2.45) is 5.73 Å². The lowest BCUT2D eigenvalue weighted by Crippen LogP contribution is -2.48. The first-order valence-electron chi connectivity index (χ1n) is 8.07. The highest BCUT2D eigenvalue weighted by Gasteiger charge is 2.33. The van der Waals surface area contributed by atoms with E-state index in [0.717, 1.165) is 19.5 Å². The number of hydrogen-bond donors (Lipinski definition) is 2. The first-order chi connectivity index (χ1) is 10.5. The third kappa shape index (κ3) is 5.23. The number of β-amino-alcohol motifs (C(OH)–C–C–N with tert-alkyl or cyclic N) is 1. The summed E-state index contributed by atoms with van der Waals surface area (Å²) in [5, 5.41) is 10.8. The number of carbonyl (C=O) groups is 2. The number of aliphatic hydroxyl groups is 1. The molecule has 2 rings (SSSR count). The molecule has 126 valence electrons. The van der Waals surface area contributed by atoms with E-state index in [2.05, 4.69) is 4.90 Å². The van der Waals surface area contributed by atoms with Crippen LogP contribution in [0, 0.1) is 0 Å². The van der Waals surface area contributed by atoms with Crippen molar-refractivity contribution in [2.45, 2.75) is 37.7 Å². The molecule has 0 saturated carbocycles. The van der Waals surface area contributed by atoms with Gasteiger partial charge in [-0.25, -0.2) is 0 Å². The summed E-state index contributed by atoms with van der Waals surface area (Å²) in [7, 11) is 0. The molecule has 0 bridgehead atoms. The van der Waals surface area contributed by atoms with Crippen LogP contribution in [0.25, 0.3) is 0 Å².